The normalized spacial score (nSPS) is 18.7. The molecule has 4 nitrogen and oxygen atoms in total. The Morgan fingerprint density at radius 3 is 3.00 bits per heavy atom. The van der Waals surface area contributed by atoms with Crippen molar-refractivity contribution in [2.45, 2.75) is 51.7 Å². The van der Waals surface area contributed by atoms with Gasteiger partial charge in [0.25, 0.3) is 0 Å². The maximum absolute atomic E-state index is 8.81. The molecule has 1 atom stereocenters. The van der Waals surface area contributed by atoms with Crippen molar-refractivity contribution in [1.82, 2.24) is 15.1 Å². The van der Waals surface area contributed by atoms with E-state index in [2.05, 4.69) is 17.3 Å². The zero-order chi connectivity index (χ0) is 12.1. The number of rotatable bonds is 6. The molecule has 0 aromatic carbocycles. The van der Waals surface area contributed by atoms with E-state index in [4.69, 9.17) is 5.11 Å². The van der Waals surface area contributed by atoms with Gasteiger partial charge in [-0.2, -0.15) is 5.10 Å². The summed E-state index contributed by atoms with van der Waals surface area (Å²) in [6, 6.07) is 0.596. The van der Waals surface area contributed by atoms with Crippen LogP contribution in [0, 0.1) is 5.92 Å². The molecule has 17 heavy (non-hydrogen) atoms. The summed E-state index contributed by atoms with van der Waals surface area (Å²) in [5.74, 6) is 0.850. The van der Waals surface area contributed by atoms with Gasteiger partial charge < -0.3 is 10.4 Å². The summed E-state index contributed by atoms with van der Waals surface area (Å²) < 4.78 is 1.79. The summed E-state index contributed by atoms with van der Waals surface area (Å²) >= 11 is 0. The fourth-order valence-electron chi connectivity index (χ4n) is 2.63. The quantitative estimate of drug-likeness (QED) is 0.789. The highest BCUT2D eigenvalue weighted by molar-refractivity contribution is 5.03. The van der Waals surface area contributed by atoms with E-state index in [1.807, 2.05) is 12.4 Å². The van der Waals surface area contributed by atoms with Gasteiger partial charge in [-0.15, -0.1) is 0 Å². The van der Waals surface area contributed by atoms with Crippen molar-refractivity contribution in [2.24, 2.45) is 5.92 Å². The van der Waals surface area contributed by atoms with Gasteiger partial charge in [-0.05, 0) is 25.7 Å². The van der Waals surface area contributed by atoms with Crippen molar-refractivity contribution in [3.8, 4) is 0 Å². The van der Waals surface area contributed by atoms with Gasteiger partial charge >= 0.3 is 0 Å². The molecule has 1 unspecified atom stereocenters. The Morgan fingerprint density at radius 1 is 1.53 bits per heavy atom. The van der Waals surface area contributed by atoms with Crippen LogP contribution < -0.4 is 5.32 Å². The number of hydrogen-bond acceptors (Lipinski definition) is 3. The van der Waals surface area contributed by atoms with E-state index in [0.29, 0.717) is 12.6 Å². The van der Waals surface area contributed by atoms with Gasteiger partial charge in [0, 0.05) is 24.3 Å². The van der Waals surface area contributed by atoms with Crippen molar-refractivity contribution in [3.63, 3.8) is 0 Å². The molecule has 0 bridgehead atoms. The van der Waals surface area contributed by atoms with Gasteiger partial charge in [-0.3, -0.25) is 4.68 Å². The Balaban J connectivity index is 1.76. The first-order valence-electron chi connectivity index (χ1n) is 6.65. The van der Waals surface area contributed by atoms with Crippen LogP contribution in [-0.2, 0) is 13.1 Å². The monoisotopic (exact) mass is 237 g/mol. The third-order valence-corrected chi connectivity index (χ3v) is 3.75. The lowest BCUT2D eigenvalue weighted by Gasteiger charge is -2.19. The van der Waals surface area contributed by atoms with Gasteiger partial charge in [-0.1, -0.05) is 12.8 Å². The van der Waals surface area contributed by atoms with Crippen LogP contribution in [0.25, 0.3) is 0 Å². The minimum absolute atomic E-state index is 0.146. The standard InChI is InChI=1S/C13H23N3O/c1-11(13-4-2-3-5-13)14-8-12-9-15-16(10-12)6-7-17/h9-11,13-14,17H,2-8H2,1H3. The molecule has 0 spiro atoms. The summed E-state index contributed by atoms with van der Waals surface area (Å²) in [6.07, 6.45) is 9.42. The summed E-state index contributed by atoms with van der Waals surface area (Å²) in [5.41, 5.74) is 1.20. The second-order valence-corrected chi connectivity index (χ2v) is 5.05. The van der Waals surface area contributed by atoms with Gasteiger partial charge in [0.05, 0.1) is 19.3 Å². The van der Waals surface area contributed by atoms with Crippen molar-refractivity contribution < 1.29 is 5.11 Å². The number of nitrogens with zero attached hydrogens (tertiary/aromatic N) is 2. The number of hydrogen-bond donors (Lipinski definition) is 2. The van der Waals surface area contributed by atoms with Crippen LogP contribution in [0.5, 0.6) is 0 Å². The van der Waals surface area contributed by atoms with Crippen LogP contribution in [0.1, 0.15) is 38.2 Å². The lowest BCUT2D eigenvalue weighted by molar-refractivity contribution is 0.269. The average molecular weight is 237 g/mol. The summed E-state index contributed by atoms with van der Waals surface area (Å²) in [4.78, 5) is 0. The minimum Gasteiger partial charge on any atom is -0.394 e. The third-order valence-electron chi connectivity index (χ3n) is 3.75. The highest BCUT2D eigenvalue weighted by atomic mass is 16.3. The molecule has 0 amide bonds. The van der Waals surface area contributed by atoms with Gasteiger partial charge in [0.2, 0.25) is 0 Å². The van der Waals surface area contributed by atoms with Crippen molar-refractivity contribution in [2.75, 3.05) is 6.61 Å². The molecule has 0 aliphatic heterocycles. The van der Waals surface area contributed by atoms with Crippen molar-refractivity contribution in [3.05, 3.63) is 18.0 Å². The van der Waals surface area contributed by atoms with Gasteiger partial charge in [-0.25, -0.2) is 0 Å². The topological polar surface area (TPSA) is 50.1 Å². The second kappa shape index (κ2) is 6.17. The molecule has 1 aromatic heterocycles. The Bertz CT molecular complexity index is 331. The lowest BCUT2D eigenvalue weighted by Crippen LogP contribution is -2.31. The largest absolute Gasteiger partial charge is 0.394 e. The Hall–Kier alpha value is -0.870. The minimum atomic E-state index is 0.146. The molecule has 0 radical (unpaired) electrons. The summed E-state index contributed by atoms with van der Waals surface area (Å²) in [7, 11) is 0. The van der Waals surface area contributed by atoms with E-state index < -0.39 is 0 Å². The SMILES string of the molecule is CC(NCc1cnn(CCO)c1)C1CCCC1. The molecule has 1 saturated carbocycles. The summed E-state index contributed by atoms with van der Waals surface area (Å²) in [6.45, 7) is 3.89. The van der Waals surface area contributed by atoms with Crippen LogP contribution in [-0.4, -0.2) is 27.5 Å². The van der Waals surface area contributed by atoms with E-state index in [1.165, 1.54) is 31.2 Å². The number of aromatic nitrogens is 2. The summed E-state index contributed by atoms with van der Waals surface area (Å²) in [5, 5.41) is 16.6. The van der Waals surface area contributed by atoms with Gasteiger partial charge in [0.1, 0.15) is 0 Å². The Kier molecular flexibility index (Phi) is 4.57. The highest BCUT2D eigenvalue weighted by Crippen LogP contribution is 2.27. The van der Waals surface area contributed by atoms with Gasteiger partial charge in [0.15, 0.2) is 0 Å². The Labute approximate surface area is 103 Å². The molecular weight excluding hydrogens is 214 g/mol. The van der Waals surface area contributed by atoms with E-state index in [-0.39, 0.29) is 6.61 Å². The smallest absolute Gasteiger partial charge is 0.0640 e. The van der Waals surface area contributed by atoms with Crippen LogP contribution in [0.15, 0.2) is 12.4 Å². The van der Waals surface area contributed by atoms with Crippen LogP contribution >= 0.6 is 0 Å². The lowest BCUT2D eigenvalue weighted by atomic mass is 10.00. The molecule has 1 fully saturated rings. The number of aliphatic hydroxyl groups excluding tert-OH is 1. The molecule has 96 valence electrons. The molecular formula is C13H23N3O. The maximum atomic E-state index is 8.81. The first kappa shape index (κ1) is 12.6. The zero-order valence-electron chi connectivity index (χ0n) is 10.6. The van der Waals surface area contributed by atoms with E-state index in [0.717, 1.165) is 12.5 Å². The molecule has 0 saturated heterocycles. The van der Waals surface area contributed by atoms with E-state index >= 15 is 0 Å². The Morgan fingerprint density at radius 2 is 2.29 bits per heavy atom. The average Bonchev–Trinajstić information content (AvgIpc) is 2.97. The first-order chi connectivity index (χ1) is 8.29. The predicted molar refractivity (Wildman–Crippen MR) is 67.6 cm³/mol. The predicted octanol–water partition coefficient (Wildman–Crippen LogP) is 1.54. The number of aliphatic hydroxyl groups is 1. The molecule has 1 heterocycles. The molecule has 1 aromatic rings. The third kappa shape index (κ3) is 3.54. The first-order valence-corrected chi connectivity index (χ1v) is 6.65. The second-order valence-electron chi connectivity index (χ2n) is 5.05. The molecule has 2 N–H and O–H groups in total. The highest BCUT2D eigenvalue weighted by Gasteiger charge is 2.20. The van der Waals surface area contributed by atoms with Crippen LogP contribution in [0.2, 0.25) is 0 Å². The molecule has 1 aliphatic rings. The van der Waals surface area contributed by atoms with E-state index in [9.17, 15) is 0 Å². The zero-order valence-corrected chi connectivity index (χ0v) is 10.6. The number of nitrogens with one attached hydrogen (secondary N) is 1. The maximum Gasteiger partial charge on any atom is 0.0640 e. The fraction of sp³-hybridized carbons (Fsp3) is 0.769. The molecule has 2 rings (SSSR count). The van der Waals surface area contributed by atoms with Crippen molar-refractivity contribution >= 4 is 0 Å². The van der Waals surface area contributed by atoms with Crippen LogP contribution in [0.3, 0.4) is 0 Å². The molecule has 4 heteroatoms. The van der Waals surface area contributed by atoms with E-state index in [1.54, 1.807) is 4.68 Å². The van der Waals surface area contributed by atoms with Crippen molar-refractivity contribution in [1.29, 1.82) is 0 Å². The van der Waals surface area contributed by atoms with Crippen LogP contribution in [0.4, 0.5) is 0 Å². The molecule has 1 aliphatic carbocycles. The fourth-order valence-corrected chi connectivity index (χ4v) is 2.63.